The van der Waals surface area contributed by atoms with E-state index in [0.29, 0.717) is 11.5 Å². The number of amides is 2. The van der Waals surface area contributed by atoms with Crippen LogP contribution in [0.3, 0.4) is 0 Å². The maximum absolute atomic E-state index is 13.5. The van der Waals surface area contributed by atoms with Crippen molar-refractivity contribution in [2.24, 2.45) is 5.92 Å². The monoisotopic (exact) mass is 396 g/mol. The molecule has 28 heavy (non-hydrogen) atoms. The third kappa shape index (κ3) is 4.00. The van der Waals surface area contributed by atoms with Crippen molar-refractivity contribution >= 4 is 28.2 Å². The third-order valence-electron chi connectivity index (χ3n) is 5.88. The van der Waals surface area contributed by atoms with Crippen LogP contribution in [0, 0.1) is 5.92 Å². The van der Waals surface area contributed by atoms with Gasteiger partial charge in [-0.2, -0.15) is 0 Å². The van der Waals surface area contributed by atoms with Crippen LogP contribution in [0.2, 0.25) is 0 Å². The maximum Gasteiger partial charge on any atom is 0.257 e. The van der Waals surface area contributed by atoms with Gasteiger partial charge in [0, 0.05) is 23.5 Å². The zero-order valence-electron chi connectivity index (χ0n) is 16.5. The molecule has 1 aromatic carbocycles. The Hall–Kier alpha value is -2.14. The van der Waals surface area contributed by atoms with Crippen molar-refractivity contribution < 1.29 is 9.59 Å². The maximum atomic E-state index is 13.5. The SMILES string of the molecule is C[C@H]1CCc2c(sc(NC(=O)c3ccccc3)c2C(=O)N2CCCCCC2)C1. The molecule has 2 heterocycles. The van der Waals surface area contributed by atoms with Gasteiger partial charge in [0.15, 0.2) is 0 Å². The molecular weight excluding hydrogens is 368 g/mol. The quantitative estimate of drug-likeness (QED) is 0.781. The number of nitrogens with one attached hydrogen (secondary N) is 1. The molecule has 0 spiro atoms. The van der Waals surface area contributed by atoms with Gasteiger partial charge in [-0.3, -0.25) is 9.59 Å². The number of anilines is 1. The van der Waals surface area contributed by atoms with Gasteiger partial charge in [0.1, 0.15) is 5.00 Å². The van der Waals surface area contributed by atoms with Gasteiger partial charge in [-0.25, -0.2) is 0 Å². The Morgan fingerprint density at radius 3 is 2.50 bits per heavy atom. The molecule has 1 aliphatic heterocycles. The standard InChI is InChI=1S/C23H28N2O2S/c1-16-11-12-18-19(15-16)28-22(24-21(26)17-9-5-4-6-10-17)20(18)23(27)25-13-7-2-3-8-14-25/h4-6,9-10,16H,2-3,7-8,11-15H2,1H3,(H,24,26)/t16-/m0/s1. The highest BCUT2D eigenvalue weighted by molar-refractivity contribution is 7.17. The molecule has 1 fully saturated rings. The molecule has 0 bridgehead atoms. The van der Waals surface area contributed by atoms with Crippen molar-refractivity contribution in [1.29, 1.82) is 0 Å². The van der Waals surface area contributed by atoms with E-state index in [2.05, 4.69) is 12.2 Å². The highest BCUT2D eigenvalue weighted by atomic mass is 32.1. The number of benzene rings is 1. The fourth-order valence-corrected chi connectivity index (χ4v) is 5.66. The predicted molar refractivity (Wildman–Crippen MR) is 114 cm³/mol. The second-order valence-electron chi connectivity index (χ2n) is 8.08. The van der Waals surface area contributed by atoms with Gasteiger partial charge in [-0.05, 0) is 55.7 Å². The van der Waals surface area contributed by atoms with Crippen LogP contribution in [0.1, 0.15) is 70.2 Å². The summed E-state index contributed by atoms with van der Waals surface area (Å²) < 4.78 is 0. The summed E-state index contributed by atoms with van der Waals surface area (Å²) in [4.78, 5) is 29.5. The molecule has 5 heteroatoms. The van der Waals surface area contributed by atoms with Crippen LogP contribution in [0.5, 0.6) is 0 Å². The summed E-state index contributed by atoms with van der Waals surface area (Å²) >= 11 is 1.61. The number of carbonyl (C=O) groups is 2. The summed E-state index contributed by atoms with van der Waals surface area (Å²) in [6.07, 6.45) is 7.57. The number of hydrogen-bond donors (Lipinski definition) is 1. The normalized spacial score (nSPS) is 19.6. The minimum Gasteiger partial charge on any atom is -0.339 e. The number of carbonyl (C=O) groups excluding carboxylic acids is 2. The largest absolute Gasteiger partial charge is 0.339 e. The Morgan fingerprint density at radius 2 is 1.79 bits per heavy atom. The van der Waals surface area contributed by atoms with Crippen LogP contribution in [-0.4, -0.2) is 29.8 Å². The molecule has 1 aromatic heterocycles. The van der Waals surface area contributed by atoms with Crippen LogP contribution in [0.25, 0.3) is 0 Å². The van der Waals surface area contributed by atoms with Gasteiger partial charge in [-0.15, -0.1) is 11.3 Å². The minimum atomic E-state index is -0.142. The lowest BCUT2D eigenvalue weighted by Gasteiger charge is -2.23. The first-order chi connectivity index (χ1) is 13.6. The van der Waals surface area contributed by atoms with E-state index in [9.17, 15) is 9.59 Å². The Bertz CT molecular complexity index is 851. The highest BCUT2D eigenvalue weighted by Crippen LogP contribution is 2.40. The zero-order valence-corrected chi connectivity index (χ0v) is 17.3. The van der Waals surface area contributed by atoms with Gasteiger partial charge in [0.2, 0.25) is 0 Å². The predicted octanol–water partition coefficient (Wildman–Crippen LogP) is 5.14. The van der Waals surface area contributed by atoms with E-state index in [1.165, 1.54) is 23.3 Å². The van der Waals surface area contributed by atoms with Crippen molar-refractivity contribution in [2.45, 2.75) is 51.9 Å². The van der Waals surface area contributed by atoms with E-state index in [0.717, 1.165) is 55.8 Å². The number of rotatable bonds is 3. The van der Waals surface area contributed by atoms with E-state index < -0.39 is 0 Å². The van der Waals surface area contributed by atoms with Crippen molar-refractivity contribution in [2.75, 3.05) is 18.4 Å². The van der Waals surface area contributed by atoms with Crippen LogP contribution in [-0.2, 0) is 12.8 Å². The Kier molecular flexibility index (Phi) is 5.81. The summed E-state index contributed by atoms with van der Waals surface area (Å²) in [5, 5.41) is 3.80. The van der Waals surface area contributed by atoms with E-state index in [1.807, 2.05) is 23.1 Å². The first-order valence-electron chi connectivity index (χ1n) is 10.4. The summed E-state index contributed by atoms with van der Waals surface area (Å²) in [7, 11) is 0. The van der Waals surface area contributed by atoms with Gasteiger partial charge in [0.25, 0.3) is 11.8 Å². The number of hydrogen-bond acceptors (Lipinski definition) is 3. The number of nitrogens with zero attached hydrogens (tertiary/aromatic N) is 1. The van der Waals surface area contributed by atoms with Gasteiger partial charge in [-0.1, -0.05) is 38.0 Å². The fourth-order valence-electron chi connectivity index (χ4n) is 4.26. The van der Waals surface area contributed by atoms with E-state index in [-0.39, 0.29) is 11.8 Å². The summed E-state index contributed by atoms with van der Waals surface area (Å²) in [5.74, 6) is 0.597. The van der Waals surface area contributed by atoms with Gasteiger partial charge < -0.3 is 10.2 Å². The zero-order chi connectivity index (χ0) is 19.5. The van der Waals surface area contributed by atoms with Crippen LogP contribution >= 0.6 is 11.3 Å². The molecular formula is C23H28N2O2S. The third-order valence-corrected chi connectivity index (χ3v) is 7.05. The summed E-state index contributed by atoms with van der Waals surface area (Å²) in [5.41, 5.74) is 2.56. The van der Waals surface area contributed by atoms with Crippen LogP contribution < -0.4 is 5.32 Å². The van der Waals surface area contributed by atoms with Gasteiger partial charge in [0.05, 0.1) is 5.56 Å². The van der Waals surface area contributed by atoms with Gasteiger partial charge >= 0.3 is 0 Å². The Morgan fingerprint density at radius 1 is 1.07 bits per heavy atom. The van der Waals surface area contributed by atoms with Crippen molar-refractivity contribution in [3.05, 3.63) is 51.9 Å². The lowest BCUT2D eigenvalue weighted by atomic mass is 9.88. The number of likely N-dealkylation sites (tertiary alicyclic amines) is 1. The number of fused-ring (bicyclic) bond motifs is 1. The molecule has 0 saturated carbocycles. The highest BCUT2D eigenvalue weighted by Gasteiger charge is 2.31. The molecule has 148 valence electrons. The van der Waals surface area contributed by atoms with E-state index in [4.69, 9.17) is 0 Å². The van der Waals surface area contributed by atoms with Crippen LogP contribution in [0.4, 0.5) is 5.00 Å². The molecule has 2 aliphatic rings. The Labute approximate surface area is 170 Å². The Balaban J connectivity index is 1.67. The lowest BCUT2D eigenvalue weighted by molar-refractivity contribution is 0.0761. The smallest absolute Gasteiger partial charge is 0.257 e. The average molecular weight is 397 g/mol. The molecule has 0 unspecified atom stereocenters. The summed E-state index contributed by atoms with van der Waals surface area (Å²) in [6.45, 7) is 3.92. The van der Waals surface area contributed by atoms with Crippen molar-refractivity contribution in [3.63, 3.8) is 0 Å². The fraction of sp³-hybridized carbons (Fsp3) is 0.478. The summed E-state index contributed by atoms with van der Waals surface area (Å²) in [6, 6.07) is 9.23. The molecule has 0 radical (unpaired) electrons. The number of thiophene rings is 1. The lowest BCUT2D eigenvalue weighted by Crippen LogP contribution is -2.33. The first kappa shape index (κ1) is 19.2. The molecule has 1 aliphatic carbocycles. The average Bonchev–Trinajstić information content (AvgIpc) is 2.87. The van der Waals surface area contributed by atoms with Crippen molar-refractivity contribution in [3.8, 4) is 0 Å². The molecule has 2 amide bonds. The topological polar surface area (TPSA) is 49.4 Å². The van der Waals surface area contributed by atoms with Crippen molar-refractivity contribution in [1.82, 2.24) is 4.90 Å². The molecule has 4 rings (SSSR count). The first-order valence-corrected chi connectivity index (χ1v) is 11.3. The molecule has 1 N–H and O–H groups in total. The molecule has 2 aromatic rings. The molecule has 1 saturated heterocycles. The van der Waals surface area contributed by atoms with E-state index in [1.54, 1.807) is 23.5 Å². The molecule has 1 atom stereocenters. The van der Waals surface area contributed by atoms with Crippen LogP contribution in [0.15, 0.2) is 30.3 Å². The second-order valence-corrected chi connectivity index (χ2v) is 9.19. The second kappa shape index (κ2) is 8.48. The molecule has 4 nitrogen and oxygen atoms in total. The minimum absolute atomic E-state index is 0.109. The van der Waals surface area contributed by atoms with E-state index >= 15 is 0 Å².